The zero-order chi connectivity index (χ0) is 13.8. The number of nitrogens with zero attached hydrogens (tertiary/aromatic N) is 1. The molecule has 122 valence electrons. The first-order chi connectivity index (χ1) is 8.25. The zero-order valence-electron chi connectivity index (χ0n) is 13.4. The van der Waals surface area contributed by atoms with Crippen molar-refractivity contribution in [1.29, 1.82) is 0 Å². The van der Waals surface area contributed by atoms with E-state index in [-0.39, 0.29) is 41.7 Å². The van der Waals surface area contributed by atoms with Gasteiger partial charge in [0.25, 0.3) is 0 Å². The number of hydrogen-bond acceptors (Lipinski definition) is 3. The maximum atomic E-state index is 12.3. The second-order valence-electron chi connectivity index (χ2n) is 6.80. The molecule has 1 atom stereocenters. The quantitative estimate of drug-likeness (QED) is 0.812. The normalized spacial score (nSPS) is 22.7. The molecule has 0 aromatic heterocycles. The lowest BCUT2D eigenvalue weighted by molar-refractivity contribution is -0.128. The highest BCUT2D eigenvalue weighted by Gasteiger charge is 2.34. The molecule has 6 heteroatoms. The Hall–Kier alpha value is -0.0300. The Morgan fingerprint density at radius 1 is 1.30 bits per heavy atom. The van der Waals surface area contributed by atoms with Crippen molar-refractivity contribution in [3.8, 4) is 0 Å². The number of nitrogens with one attached hydrogen (secondary N) is 2. The first-order valence-corrected chi connectivity index (χ1v) is 6.93. The second kappa shape index (κ2) is 9.08. The SMILES string of the molecule is CN(C)CC(C)(C)CNC(=O)C1(C)CCCCN1.Cl.Cl. The van der Waals surface area contributed by atoms with Gasteiger partial charge in [-0.05, 0) is 52.2 Å². The molecule has 0 spiro atoms. The molecule has 1 aliphatic heterocycles. The lowest BCUT2D eigenvalue weighted by Gasteiger charge is -2.35. The van der Waals surface area contributed by atoms with E-state index in [4.69, 9.17) is 0 Å². The predicted molar refractivity (Wildman–Crippen MR) is 90.1 cm³/mol. The number of halogens is 2. The van der Waals surface area contributed by atoms with E-state index in [1.807, 2.05) is 6.92 Å². The van der Waals surface area contributed by atoms with Gasteiger partial charge in [-0.2, -0.15) is 0 Å². The molecule has 0 radical (unpaired) electrons. The van der Waals surface area contributed by atoms with Crippen LogP contribution in [0, 0.1) is 5.41 Å². The summed E-state index contributed by atoms with van der Waals surface area (Å²) in [6, 6.07) is 0. The summed E-state index contributed by atoms with van der Waals surface area (Å²) in [6.07, 6.45) is 3.25. The molecule has 20 heavy (non-hydrogen) atoms. The summed E-state index contributed by atoms with van der Waals surface area (Å²) in [7, 11) is 4.13. The van der Waals surface area contributed by atoms with E-state index in [1.54, 1.807) is 0 Å². The number of carbonyl (C=O) groups excluding carboxylic acids is 1. The van der Waals surface area contributed by atoms with Gasteiger partial charge < -0.3 is 15.5 Å². The molecular weight excluding hydrogens is 297 g/mol. The van der Waals surface area contributed by atoms with Gasteiger partial charge in [-0.15, -0.1) is 24.8 Å². The maximum absolute atomic E-state index is 12.3. The number of hydrogen-bond donors (Lipinski definition) is 2. The van der Waals surface area contributed by atoms with Crippen LogP contribution in [0.25, 0.3) is 0 Å². The summed E-state index contributed by atoms with van der Waals surface area (Å²) >= 11 is 0. The third-order valence-electron chi connectivity index (χ3n) is 3.59. The van der Waals surface area contributed by atoms with Crippen molar-refractivity contribution in [1.82, 2.24) is 15.5 Å². The Morgan fingerprint density at radius 3 is 2.35 bits per heavy atom. The van der Waals surface area contributed by atoms with Gasteiger partial charge in [-0.1, -0.05) is 13.8 Å². The van der Waals surface area contributed by atoms with Crippen LogP contribution in [0.1, 0.15) is 40.0 Å². The third-order valence-corrected chi connectivity index (χ3v) is 3.59. The van der Waals surface area contributed by atoms with Gasteiger partial charge in [-0.25, -0.2) is 0 Å². The molecule has 1 amide bonds. The van der Waals surface area contributed by atoms with E-state index in [2.05, 4.69) is 43.5 Å². The van der Waals surface area contributed by atoms with Crippen LogP contribution >= 0.6 is 24.8 Å². The summed E-state index contributed by atoms with van der Waals surface area (Å²) in [4.78, 5) is 14.4. The van der Waals surface area contributed by atoms with E-state index < -0.39 is 0 Å². The highest BCUT2D eigenvalue weighted by atomic mass is 35.5. The Labute approximate surface area is 136 Å². The fourth-order valence-corrected chi connectivity index (χ4v) is 2.68. The van der Waals surface area contributed by atoms with Crippen molar-refractivity contribution < 1.29 is 4.79 Å². The molecule has 0 bridgehead atoms. The fourth-order valence-electron chi connectivity index (χ4n) is 2.68. The first-order valence-electron chi connectivity index (χ1n) is 6.93. The van der Waals surface area contributed by atoms with Gasteiger partial charge in [0, 0.05) is 13.1 Å². The highest BCUT2D eigenvalue weighted by molar-refractivity contribution is 5.86. The monoisotopic (exact) mass is 327 g/mol. The van der Waals surface area contributed by atoms with Crippen LogP contribution < -0.4 is 10.6 Å². The summed E-state index contributed by atoms with van der Waals surface area (Å²) in [5.74, 6) is 0.147. The largest absolute Gasteiger partial charge is 0.354 e. The Bertz CT molecular complexity index is 290. The average Bonchev–Trinajstić information content (AvgIpc) is 2.25. The zero-order valence-corrected chi connectivity index (χ0v) is 15.0. The standard InChI is InChI=1S/C14H29N3O.2ClH/c1-13(2,11-17(4)5)10-15-12(18)14(3)8-6-7-9-16-14;;/h16H,6-11H2,1-5H3,(H,15,18);2*1H. The number of piperidine rings is 1. The van der Waals surface area contributed by atoms with Gasteiger partial charge in [0.1, 0.15) is 0 Å². The van der Waals surface area contributed by atoms with Crippen LogP contribution in [0.4, 0.5) is 0 Å². The summed E-state index contributed by atoms with van der Waals surface area (Å²) in [5.41, 5.74) is -0.267. The predicted octanol–water partition coefficient (Wildman–Crippen LogP) is 2.07. The molecule has 1 aliphatic rings. The van der Waals surface area contributed by atoms with E-state index in [0.717, 1.165) is 32.5 Å². The molecule has 1 unspecified atom stereocenters. The van der Waals surface area contributed by atoms with Crippen LogP contribution in [0.15, 0.2) is 0 Å². The first kappa shape index (κ1) is 22.3. The van der Waals surface area contributed by atoms with Crippen LogP contribution in [0.5, 0.6) is 0 Å². The number of rotatable bonds is 5. The van der Waals surface area contributed by atoms with Crippen LogP contribution in [0.2, 0.25) is 0 Å². The molecule has 0 aromatic carbocycles. The Morgan fingerprint density at radius 2 is 1.90 bits per heavy atom. The van der Waals surface area contributed by atoms with Crippen LogP contribution in [-0.4, -0.2) is 50.1 Å². The Kier molecular flexibility index (Phi) is 10.1. The minimum Gasteiger partial charge on any atom is -0.354 e. The molecule has 1 fully saturated rings. The van der Waals surface area contributed by atoms with Crippen molar-refractivity contribution >= 4 is 30.7 Å². The fraction of sp³-hybridized carbons (Fsp3) is 0.929. The van der Waals surface area contributed by atoms with Gasteiger partial charge in [0.15, 0.2) is 0 Å². The van der Waals surface area contributed by atoms with Crippen molar-refractivity contribution in [3.63, 3.8) is 0 Å². The van der Waals surface area contributed by atoms with Crippen molar-refractivity contribution in [2.75, 3.05) is 33.7 Å². The Balaban J connectivity index is 0. The van der Waals surface area contributed by atoms with Crippen molar-refractivity contribution in [3.05, 3.63) is 0 Å². The summed E-state index contributed by atoms with van der Waals surface area (Å²) in [6.45, 7) is 9.03. The molecule has 0 aliphatic carbocycles. The molecule has 2 N–H and O–H groups in total. The van der Waals surface area contributed by atoms with Crippen molar-refractivity contribution in [2.45, 2.75) is 45.6 Å². The van der Waals surface area contributed by atoms with Gasteiger partial charge in [0.05, 0.1) is 5.54 Å². The molecule has 0 aromatic rings. The number of carbonyl (C=O) groups is 1. The van der Waals surface area contributed by atoms with E-state index in [0.29, 0.717) is 0 Å². The lowest BCUT2D eigenvalue weighted by atomic mass is 9.88. The van der Waals surface area contributed by atoms with E-state index in [1.165, 1.54) is 6.42 Å². The van der Waals surface area contributed by atoms with Gasteiger partial charge >= 0.3 is 0 Å². The topological polar surface area (TPSA) is 44.4 Å². The van der Waals surface area contributed by atoms with E-state index >= 15 is 0 Å². The molecule has 1 rings (SSSR count). The minimum absolute atomic E-state index is 0. The third kappa shape index (κ3) is 7.11. The number of amides is 1. The van der Waals surface area contributed by atoms with Crippen molar-refractivity contribution in [2.24, 2.45) is 5.41 Å². The highest BCUT2D eigenvalue weighted by Crippen LogP contribution is 2.20. The molecule has 1 heterocycles. The smallest absolute Gasteiger partial charge is 0.240 e. The van der Waals surface area contributed by atoms with E-state index in [9.17, 15) is 4.79 Å². The molecule has 0 saturated carbocycles. The minimum atomic E-state index is -0.369. The van der Waals surface area contributed by atoms with Crippen LogP contribution in [-0.2, 0) is 4.79 Å². The summed E-state index contributed by atoms with van der Waals surface area (Å²) in [5, 5.41) is 6.46. The van der Waals surface area contributed by atoms with Gasteiger partial charge in [0.2, 0.25) is 5.91 Å². The average molecular weight is 328 g/mol. The van der Waals surface area contributed by atoms with Crippen LogP contribution in [0.3, 0.4) is 0 Å². The van der Waals surface area contributed by atoms with Gasteiger partial charge in [-0.3, -0.25) is 4.79 Å². The lowest BCUT2D eigenvalue weighted by Crippen LogP contribution is -2.58. The molecule has 1 saturated heterocycles. The summed E-state index contributed by atoms with van der Waals surface area (Å²) < 4.78 is 0. The maximum Gasteiger partial charge on any atom is 0.240 e. The molecule has 4 nitrogen and oxygen atoms in total. The second-order valence-corrected chi connectivity index (χ2v) is 6.80. The molecular formula is C14H31Cl2N3O.